The number of alkyl halides is 1. The molecule has 0 spiro atoms. The maximum Gasteiger partial charge on any atom is 0.123 e. The van der Waals surface area contributed by atoms with E-state index in [-0.39, 0.29) is 11.2 Å². The van der Waals surface area contributed by atoms with E-state index in [9.17, 15) is 4.39 Å². The standard InChI is InChI=1S/C17H18ClF/c1-3-12(2)13-7-9-14(10-8-13)17(18)15-5-4-6-16(19)11-15/h4-12,17H,3H2,1-2H3. The molecule has 2 heteroatoms. The predicted molar refractivity (Wildman–Crippen MR) is 79.2 cm³/mol. The van der Waals surface area contributed by atoms with Crippen LogP contribution in [-0.2, 0) is 0 Å². The van der Waals surface area contributed by atoms with Gasteiger partial charge < -0.3 is 0 Å². The van der Waals surface area contributed by atoms with Gasteiger partial charge in [0.25, 0.3) is 0 Å². The van der Waals surface area contributed by atoms with Gasteiger partial charge in [-0.15, -0.1) is 11.6 Å². The lowest BCUT2D eigenvalue weighted by Crippen LogP contribution is -1.96. The fraction of sp³-hybridized carbons (Fsp3) is 0.294. The molecule has 0 radical (unpaired) electrons. The number of rotatable bonds is 4. The first kappa shape index (κ1) is 14.1. The van der Waals surface area contributed by atoms with Gasteiger partial charge in [0, 0.05) is 0 Å². The number of hydrogen-bond acceptors (Lipinski definition) is 0. The third kappa shape index (κ3) is 3.36. The van der Waals surface area contributed by atoms with Crippen LogP contribution < -0.4 is 0 Å². The Morgan fingerprint density at radius 2 is 1.63 bits per heavy atom. The van der Waals surface area contributed by atoms with Crippen molar-refractivity contribution < 1.29 is 4.39 Å². The Labute approximate surface area is 119 Å². The van der Waals surface area contributed by atoms with Crippen LogP contribution >= 0.6 is 11.6 Å². The summed E-state index contributed by atoms with van der Waals surface area (Å²) in [4.78, 5) is 0. The minimum absolute atomic E-state index is 0.251. The lowest BCUT2D eigenvalue weighted by molar-refractivity contribution is 0.626. The Morgan fingerprint density at radius 1 is 1.00 bits per heavy atom. The first-order valence-corrected chi connectivity index (χ1v) is 7.05. The molecule has 0 aliphatic heterocycles. The maximum atomic E-state index is 13.2. The van der Waals surface area contributed by atoms with Gasteiger partial charge >= 0.3 is 0 Å². The smallest absolute Gasteiger partial charge is 0.123 e. The van der Waals surface area contributed by atoms with Gasteiger partial charge in [0.2, 0.25) is 0 Å². The first-order chi connectivity index (χ1) is 9.11. The minimum atomic E-state index is -0.304. The molecule has 0 amide bonds. The lowest BCUT2D eigenvalue weighted by atomic mass is 9.96. The fourth-order valence-corrected chi connectivity index (χ4v) is 2.37. The summed E-state index contributed by atoms with van der Waals surface area (Å²) in [7, 11) is 0. The van der Waals surface area contributed by atoms with Gasteiger partial charge in [-0.05, 0) is 41.2 Å². The highest BCUT2D eigenvalue weighted by atomic mass is 35.5. The number of hydrogen-bond donors (Lipinski definition) is 0. The molecule has 0 nitrogen and oxygen atoms in total. The second-order valence-corrected chi connectivity index (χ2v) is 5.33. The zero-order chi connectivity index (χ0) is 13.8. The summed E-state index contributed by atoms with van der Waals surface area (Å²) in [6, 6.07) is 14.7. The van der Waals surface area contributed by atoms with Crippen LogP contribution in [0.15, 0.2) is 48.5 Å². The SMILES string of the molecule is CCC(C)c1ccc(C(Cl)c2cccc(F)c2)cc1. The van der Waals surface area contributed by atoms with E-state index in [0.29, 0.717) is 5.92 Å². The Morgan fingerprint density at radius 3 is 2.21 bits per heavy atom. The van der Waals surface area contributed by atoms with Crippen LogP contribution in [0.25, 0.3) is 0 Å². The number of benzene rings is 2. The van der Waals surface area contributed by atoms with E-state index >= 15 is 0 Å². The fourth-order valence-electron chi connectivity index (χ4n) is 2.09. The zero-order valence-corrected chi connectivity index (χ0v) is 12.0. The summed E-state index contributed by atoms with van der Waals surface area (Å²) in [6.07, 6.45) is 1.12. The molecule has 0 aliphatic rings. The minimum Gasteiger partial charge on any atom is -0.207 e. The van der Waals surface area contributed by atoms with Crippen LogP contribution in [0.5, 0.6) is 0 Å². The van der Waals surface area contributed by atoms with Crippen molar-refractivity contribution in [3.8, 4) is 0 Å². The summed E-state index contributed by atoms with van der Waals surface area (Å²) in [5.41, 5.74) is 3.10. The van der Waals surface area contributed by atoms with E-state index in [4.69, 9.17) is 11.6 Å². The summed E-state index contributed by atoms with van der Waals surface area (Å²) >= 11 is 6.40. The second kappa shape index (κ2) is 6.21. The van der Waals surface area contributed by atoms with Crippen molar-refractivity contribution in [1.29, 1.82) is 0 Å². The zero-order valence-electron chi connectivity index (χ0n) is 11.2. The quantitative estimate of drug-likeness (QED) is 0.631. The monoisotopic (exact) mass is 276 g/mol. The Kier molecular flexibility index (Phi) is 4.60. The Balaban J connectivity index is 2.22. The van der Waals surface area contributed by atoms with Crippen LogP contribution in [0.1, 0.15) is 48.3 Å². The van der Waals surface area contributed by atoms with Crippen molar-refractivity contribution in [2.75, 3.05) is 0 Å². The molecule has 0 fully saturated rings. The van der Waals surface area contributed by atoms with Crippen molar-refractivity contribution >= 4 is 11.6 Å². The van der Waals surface area contributed by atoms with Crippen LogP contribution in [0.4, 0.5) is 4.39 Å². The maximum absolute atomic E-state index is 13.2. The molecule has 2 unspecified atom stereocenters. The van der Waals surface area contributed by atoms with Crippen LogP contribution in [0.3, 0.4) is 0 Å². The molecule has 0 bridgehead atoms. The molecule has 100 valence electrons. The van der Waals surface area contributed by atoms with E-state index in [2.05, 4.69) is 26.0 Å². The van der Waals surface area contributed by atoms with E-state index in [1.54, 1.807) is 6.07 Å². The summed E-state index contributed by atoms with van der Waals surface area (Å²) in [6.45, 7) is 4.38. The molecule has 2 aromatic carbocycles. The molecule has 0 N–H and O–H groups in total. The highest BCUT2D eigenvalue weighted by Crippen LogP contribution is 2.30. The second-order valence-electron chi connectivity index (χ2n) is 4.89. The van der Waals surface area contributed by atoms with Crippen LogP contribution in [-0.4, -0.2) is 0 Å². The summed E-state index contributed by atoms with van der Waals surface area (Å²) in [5, 5.41) is -0.304. The molecular weight excluding hydrogens is 259 g/mol. The lowest BCUT2D eigenvalue weighted by Gasteiger charge is -2.13. The van der Waals surface area contributed by atoms with Gasteiger partial charge in [0.1, 0.15) is 5.82 Å². The van der Waals surface area contributed by atoms with Gasteiger partial charge in [-0.1, -0.05) is 50.2 Å². The molecule has 0 saturated heterocycles. The van der Waals surface area contributed by atoms with Gasteiger partial charge in [0.05, 0.1) is 5.38 Å². The van der Waals surface area contributed by atoms with Crippen molar-refractivity contribution in [3.05, 3.63) is 71.0 Å². The normalized spacial score (nSPS) is 14.1. The molecule has 2 rings (SSSR count). The average Bonchev–Trinajstić information content (AvgIpc) is 2.46. The third-order valence-electron chi connectivity index (χ3n) is 3.55. The summed E-state index contributed by atoms with van der Waals surface area (Å²) in [5.74, 6) is 0.302. The molecule has 0 aromatic heterocycles. The van der Waals surface area contributed by atoms with E-state index < -0.39 is 0 Å². The highest BCUT2D eigenvalue weighted by molar-refractivity contribution is 6.22. The van der Waals surface area contributed by atoms with E-state index in [0.717, 1.165) is 17.5 Å². The van der Waals surface area contributed by atoms with Crippen molar-refractivity contribution in [3.63, 3.8) is 0 Å². The highest BCUT2D eigenvalue weighted by Gasteiger charge is 2.12. The molecule has 0 aliphatic carbocycles. The molecule has 0 saturated carbocycles. The van der Waals surface area contributed by atoms with Crippen molar-refractivity contribution in [2.24, 2.45) is 0 Å². The molecule has 0 heterocycles. The Bertz CT molecular complexity index is 533. The average molecular weight is 277 g/mol. The van der Waals surface area contributed by atoms with Crippen LogP contribution in [0, 0.1) is 5.82 Å². The number of halogens is 2. The van der Waals surface area contributed by atoms with Crippen molar-refractivity contribution in [1.82, 2.24) is 0 Å². The topological polar surface area (TPSA) is 0 Å². The van der Waals surface area contributed by atoms with Gasteiger partial charge in [-0.3, -0.25) is 0 Å². The predicted octanol–water partition coefficient (Wildman–Crippen LogP) is 5.67. The molecule has 2 aromatic rings. The molecular formula is C17H18ClF. The summed E-state index contributed by atoms with van der Waals surface area (Å²) < 4.78 is 13.2. The Hall–Kier alpha value is -1.34. The van der Waals surface area contributed by atoms with Gasteiger partial charge in [0.15, 0.2) is 0 Å². The molecule has 19 heavy (non-hydrogen) atoms. The van der Waals surface area contributed by atoms with Crippen molar-refractivity contribution in [2.45, 2.75) is 31.6 Å². The third-order valence-corrected chi connectivity index (χ3v) is 4.06. The van der Waals surface area contributed by atoms with Gasteiger partial charge in [-0.25, -0.2) is 4.39 Å². The van der Waals surface area contributed by atoms with E-state index in [1.807, 2.05) is 18.2 Å². The molecule has 2 atom stereocenters. The van der Waals surface area contributed by atoms with Crippen LogP contribution in [0.2, 0.25) is 0 Å². The van der Waals surface area contributed by atoms with E-state index in [1.165, 1.54) is 17.7 Å². The largest absolute Gasteiger partial charge is 0.207 e. The first-order valence-electron chi connectivity index (χ1n) is 6.61. The van der Waals surface area contributed by atoms with Gasteiger partial charge in [-0.2, -0.15) is 0 Å².